The van der Waals surface area contributed by atoms with Crippen LogP contribution in [0.4, 0.5) is 11.4 Å². The van der Waals surface area contributed by atoms with Crippen molar-refractivity contribution in [3.63, 3.8) is 0 Å². The van der Waals surface area contributed by atoms with Crippen molar-refractivity contribution < 1.29 is 4.42 Å². The SMILES string of the molecule is C1=Cc2ccccc2N(CCCCCCNCc2ccco2)c2ccccc21. The van der Waals surface area contributed by atoms with Gasteiger partial charge in [0.25, 0.3) is 0 Å². The van der Waals surface area contributed by atoms with Gasteiger partial charge < -0.3 is 14.6 Å². The molecule has 3 aromatic rings. The predicted octanol–water partition coefficient (Wildman–Crippen LogP) is 6.25. The lowest BCUT2D eigenvalue weighted by molar-refractivity contribution is 0.477. The third-order valence-corrected chi connectivity index (χ3v) is 5.26. The molecule has 1 N–H and O–H groups in total. The van der Waals surface area contributed by atoms with Crippen molar-refractivity contribution in [3.05, 3.63) is 83.8 Å². The molecule has 4 rings (SSSR count). The van der Waals surface area contributed by atoms with Crippen molar-refractivity contribution in [3.8, 4) is 0 Å². The smallest absolute Gasteiger partial charge is 0.117 e. The van der Waals surface area contributed by atoms with Gasteiger partial charge in [0.15, 0.2) is 0 Å². The first-order chi connectivity index (χ1) is 13.9. The molecule has 0 atom stereocenters. The molecule has 3 nitrogen and oxygen atoms in total. The number of hydrogen-bond donors (Lipinski definition) is 1. The molecule has 2 heterocycles. The average molecular weight is 373 g/mol. The minimum absolute atomic E-state index is 0.821. The minimum Gasteiger partial charge on any atom is -0.468 e. The molecule has 0 radical (unpaired) electrons. The van der Waals surface area contributed by atoms with Crippen LogP contribution >= 0.6 is 0 Å². The maximum atomic E-state index is 5.34. The zero-order chi connectivity index (χ0) is 19.0. The molecule has 0 aliphatic carbocycles. The van der Waals surface area contributed by atoms with E-state index in [1.54, 1.807) is 6.26 Å². The van der Waals surface area contributed by atoms with Crippen LogP contribution in [0.1, 0.15) is 42.6 Å². The number of benzene rings is 2. The first-order valence-corrected chi connectivity index (χ1v) is 10.3. The average Bonchev–Trinajstić information content (AvgIpc) is 3.20. The molecule has 28 heavy (non-hydrogen) atoms. The molecule has 0 unspecified atom stereocenters. The van der Waals surface area contributed by atoms with Gasteiger partial charge in [-0.15, -0.1) is 0 Å². The zero-order valence-electron chi connectivity index (χ0n) is 16.3. The van der Waals surface area contributed by atoms with Crippen LogP contribution in [0.5, 0.6) is 0 Å². The summed E-state index contributed by atoms with van der Waals surface area (Å²) in [6.07, 6.45) is 11.1. The molecular weight excluding hydrogens is 344 g/mol. The molecule has 1 aliphatic rings. The number of hydrogen-bond acceptors (Lipinski definition) is 3. The maximum absolute atomic E-state index is 5.34. The first kappa shape index (κ1) is 18.6. The third kappa shape index (κ3) is 4.55. The monoisotopic (exact) mass is 372 g/mol. The highest BCUT2D eigenvalue weighted by Crippen LogP contribution is 2.36. The highest BCUT2D eigenvalue weighted by atomic mass is 16.3. The lowest BCUT2D eigenvalue weighted by Crippen LogP contribution is -2.19. The van der Waals surface area contributed by atoms with E-state index in [4.69, 9.17) is 4.42 Å². The van der Waals surface area contributed by atoms with E-state index in [2.05, 4.69) is 70.9 Å². The summed E-state index contributed by atoms with van der Waals surface area (Å²) in [6.45, 7) is 2.91. The van der Waals surface area contributed by atoms with Gasteiger partial charge in [-0.1, -0.05) is 61.4 Å². The number of anilines is 2. The van der Waals surface area contributed by atoms with Gasteiger partial charge in [0.05, 0.1) is 12.8 Å². The van der Waals surface area contributed by atoms with Crippen LogP contribution < -0.4 is 10.2 Å². The highest BCUT2D eigenvalue weighted by molar-refractivity contribution is 5.88. The zero-order valence-corrected chi connectivity index (χ0v) is 16.3. The number of furan rings is 1. The van der Waals surface area contributed by atoms with Gasteiger partial charge in [0.1, 0.15) is 5.76 Å². The van der Waals surface area contributed by atoms with E-state index < -0.39 is 0 Å². The van der Waals surface area contributed by atoms with Gasteiger partial charge in [-0.3, -0.25) is 0 Å². The van der Waals surface area contributed by atoms with Crippen LogP contribution in [0.2, 0.25) is 0 Å². The fourth-order valence-electron chi connectivity index (χ4n) is 3.80. The fraction of sp³-hybridized carbons (Fsp3) is 0.280. The van der Waals surface area contributed by atoms with Gasteiger partial charge in [0, 0.05) is 17.9 Å². The molecular formula is C25H28N2O. The number of rotatable bonds is 9. The number of fused-ring (bicyclic) bond motifs is 2. The molecule has 0 saturated carbocycles. The molecule has 0 saturated heterocycles. The summed E-state index contributed by atoms with van der Waals surface area (Å²) < 4.78 is 5.34. The van der Waals surface area contributed by atoms with E-state index in [9.17, 15) is 0 Å². The number of nitrogens with one attached hydrogen (secondary N) is 1. The fourth-order valence-corrected chi connectivity index (χ4v) is 3.80. The Labute approximate surface area is 167 Å². The van der Waals surface area contributed by atoms with Gasteiger partial charge in [0.2, 0.25) is 0 Å². The van der Waals surface area contributed by atoms with Gasteiger partial charge in [-0.25, -0.2) is 0 Å². The number of para-hydroxylation sites is 2. The van der Waals surface area contributed by atoms with E-state index in [0.717, 1.165) is 25.4 Å². The van der Waals surface area contributed by atoms with Crippen molar-refractivity contribution in [1.82, 2.24) is 5.32 Å². The normalized spacial score (nSPS) is 12.5. The summed E-state index contributed by atoms with van der Waals surface area (Å²) in [5, 5.41) is 3.45. The Morgan fingerprint density at radius 2 is 1.39 bits per heavy atom. The second-order valence-electron chi connectivity index (χ2n) is 7.27. The van der Waals surface area contributed by atoms with Crippen molar-refractivity contribution in [2.24, 2.45) is 0 Å². The molecule has 1 aliphatic heterocycles. The van der Waals surface area contributed by atoms with Crippen molar-refractivity contribution in [2.75, 3.05) is 18.0 Å². The Morgan fingerprint density at radius 1 is 0.714 bits per heavy atom. The topological polar surface area (TPSA) is 28.4 Å². The Balaban J connectivity index is 1.28. The Kier molecular flexibility index (Phi) is 6.25. The molecule has 0 fully saturated rings. The lowest BCUT2D eigenvalue weighted by Gasteiger charge is -2.27. The van der Waals surface area contributed by atoms with Crippen molar-refractivity contribution >= 4 is 23.5 Å². The molecule has 2 aromatic carbocycles. The summed E-state index contributed by atoms with van der Waals surface area (Å²) in [5.74, 6) is 1.01. The quantitative estimate of drug-likeness (QED) is 0.450. The largest absolute Gasteiger partial charge is 0.468 e. The van der Waals surface area contributed by atoms with Crippen LogP contribution in [0.3, 0.4) is 0 Å². The third-order valence-electron chi connectivity index (χ3n) is 5.26. The van der Waals surface area contributed by atoms with Gasteiger partial charge >= 0.3 is 0 Å². The summed E-state index contributed by atoms with van der Waals surface area (Å²) >= 11 is 0. The van der Waals surface area contributed by atoms with Crippen molar-refractivity contribution in [1.29, 1.82) is 0 Å². The molecule has 1 aromatic heterocycles. The Bertz CT molecular complexity index is 849. The van der Waals surface area contributed by atoms with Crippen LogP contribution in [0.25, 0.3) is 12.2 Å². The van der Waals surface area contributed by atoms with E-state index in [1.807, 2.05) is 12.1 Å². The number of unbranched alkanes of at least 4 members (excludes halogenated alkanes) is 3. The van der Waals surface area contributed by atoms with E-state index in [0.29, 0.717) is 0 Å². The molecule has 0 spiro atoms. The van der Waals surface area contributed by atoms with Crippen LogP contribution in [-0.4, -0.2) is 13.1 Å². The van der Waals surface area contributed by atoms with Crippen molar-refractivity contribution in [2.45, 2.75) is 32.2 Å². The second-order valence-corrected chi connectivity index (χ2v) is 7.27. The first-order valence-electron chi connectivity index (χ1n) is 10.3. The van der Waals surface area contributed by atoms with Crippen LogP contribution in [0.15, 0.2) is 71.3 Å². The van der Waals surface area contributed by atoms with Gasteiger partial charge in [-0.05, 0) is 54.8 Å². The van der Waals surface area contributed by atoms with Gasteiger partial charge in [-0.2, -0.15) is 0 Å². The molecule has 0 bridgehead atoms. The predicted molar refractivity (Wildman–Crippen MR) is 118 cm³/mol. The summed E-state index contributed by atoms with van der Waals surface area (Å²) in [4.78, 5) is 2.49. The number of nitrogens with zero attached hydrogens (tertiary/aromatic N) is 1. The standard InChI is InChI=1S/C25H28N2O/c1(7-17-26-20-23-12-9-19-28-23)2-8-18-27-24-13-5-3-10-21(24)15-16-22-11-4-6-14-25(22)27/h3-6,9-16,19,26H,1-2,7-8,17-18,20H2. The van der Waals surface area contributed by atoms with E-state index in [1.165, 1.54) is 48.2 Å². The lowest BCUT2D eigenvalue weighted by atomic mass is 10.1. The summed E-state index contributed by atoms with van der Waals surface area (Å²) in [7, 11) is 0. The summed E-state index contributed by atoms with van der Waals surface area (Å²) in [5.41, 5.74) is 5.20. The minimum atomic E-state index is 0.821. The van der Waals surface area contributed by atoms with Crippen LogP contribution in [0, 0.1) is 0 Å². The molecule has 0 amide bonds. The van der Waals surface area contributed by atoms with Crippen LogP contribution in [-0.2, 0) is 6.54 Å². The summed E-state index contributed by atoms with van der Waals surface area (Å²) in [6, 6.07) is 21.3. The van der Waals surface area contributed by atoms with E-state index >= 15 is 0 Å². The maximum Gasteiger partial charge on any atom is 0.117 e. The van der Waals surface area contributed by atoms with E-state index in [-0.39, 0.29) is 0 Å². The second kappa shape index (κ2) is 9.43. The molecule has 3 heteroatoms. The Morgan fingerprint density at radius 3 is 2.07 bits per heavy atom. The highest BCUT2D eigenvalue weighted by Gasteiger charge is 2.16. The molecule has 144 valence electrons. The Hall–Kier alpha value is -2.78.